The summed E-state index contributed by atoms with van der Waals surface area (Å²) in [7, 11) is 4.16. The van der Waals surface area contributed by atoms with Gasteiger partial charge in [-0.05, 0) is 33.9 Å². The van der Waals surface area contributed by atoms with Crippen LogP contribution < -0.4 is 5.73 Å². The molecule has 0 spiro atoms. The van der Waals surface area contributed by atoms with Gasteiger partial charge in [0.1, 0.15) is 0 Å². The molecule has 0 radical (unpaired) electrons. The zero-order valence-corrected chi connectivity index (χ0v) is 12.6. The Bertz CT molecular complexity index is 400. The molecule has 0 saturated carbocycles. The topological polar surface area (TPSA) is 50.3 Å². The third kappa shape index (κ3) is 3.35. The van der Waals surface area contributed by atoms with E-state index in [1.165, 1.54) is 18.5 Å². The number of likely N-dealkylation sites (N-methyl/N-ethyl adjacent to an activating group) is 1. The molecule has 1 aliphatic rings. The molecule has 0 aliphatic carbocycles. The first kappa shape index (κ1) is 14.5. The van der Waals surface area contributed by atoms with Gasteiger partial charge in [-0.25, -0.2) is 0 Å². The Labute approximate surface area is 116 Å². The Balaban J connectivity index is 2.23. The van der Waals surface area contributed by atoms with Crippen LogP contribution in [-0.2, 0) is 7.05 Å². The van der Waals surface area contributed by atoms with Gasteiger partial charge in [-0.3, -0.25) is 9.58 Å². The highest BCUT2D eigenvalue weighted by Gasteiger charge is 2.30. The minimum Gasteiger partial charge on any atom is -0.326 e. The van der Waals surface area contributed by atoms with Crippen molar-refractivity contribution in [3.63, 3.8) is 0 Å². The molecule has 0 bridgehead atoms. The molecule has 1 fully saturated rings. The Morgan fingerprint density at radius 2 is 2.11 bits per heavy atom. The van der Waals surface area contributed by atoms with Gasteiger partial charge >= 0.3 is 0 Å². The maximum Gasteiger partial charge on any atom is 0.0538 e. The van der Waals surface area contributed by atoms with E-state index in [-0.39, 0.29) is 12.1 Å². The van der Waals surface area contributed by atoms with Crippen LogP contribution in [0.4, 0.5) is 0 Å². The highest BCUT2D eigenvalue weighted by Crippen LogP contribution is 2.27. The fraction of sp³-hybridized carbons (Fsp3) is 0.786. The number of aryl methyl sites for hydroxylation is 1. The van der Waals surface area contributed by atoms with Crippen LogP contribution in [0.25, 0.3) is 0 Å². The Kier molecular flexibility index (Phi) is 4.60. The zero-order valence-electron chi connectivity index (χ0n) is 12.6. The van der Waals surface area contributed by atoms with Crippen LogP contribution in [0.2, 0.25) is 0 Å². The van der Waals surface area contributed by atoms with E-state index in [1.807, 2.05) is 17.9 Å². The molecule has 2 rings (SSSR count). The minimum absolute atomic E-state index is 0.107. The van der Waals surface area contributed by atoms with E-state index >= 15 is 0 Å². The number of hydrogen-bond acceptors (Lipinski definition) is 4. The maximum atomic E-state index is 6.26. The Morgan fingerprint density at radius 3 is 2.68 bits per heavy atom. The van der Waals surface area contributed by atoms with Gasteiger partial charge in [-0.2, -0.15) is 5.10 Å². The fourth-order valence-corrected chi connectivity index (χ4v) is 3.19. The molecule has 0 amide bonds. The van der Waals surface area contributed by atoms with Gasteiger partial charge in [-0.1, -0.05) is 0 Å². The van der Waals surface area contributed by atoms with Gasteiger partial charge < -0.3 is 10.6 Å². The molecule has 5 heteroatoms. The molecular weight excluding hydrogens is 238 g/mol. The first-order valence-electron chi connectivity index (χ1n) is 7.17. The Morgan fingerprint density at radius 1 is 1.37 bits per heavy atom. The van der Waals surface area contributed by atoms with Crippen LogP contribution in [-0.4, -0.2) is 58.3 Å². The van der Waals surface area contributed by atoms with Crippen LogP contribution in [0.3, 0.4) is 0 Å². The molecule has 1 aromatic rings. The molecule has 5 nitrogen and oxygen atoms in total. The third-order valence-electron chi connectivity index (χ3n) is 4.02. The number of hydrogen-bond donors (Lipinski definition) is 1. The summed E-state index contributed by atoms with van der Waals surface area (Å²) in [4.78, 5) is 4.96. The van der Waals surface area contributed by atoms with E-state index in [1.54, 1.807) is 0 Å². The second kappa shape index (κ2) is 6.03. The second-order valence-corrected chi connectivity index (χ2v) is 5.95. The van der Waals surface area contributed by atoms with Crippen molar-refractivity contribution < 1.29 is 0 Å². The Hall–Kier alpha value is -0.910. The van der Waals surface area contributed by atoms with Crippen molar-refractivity contribution >= 4 is 0 Å². The summed E-state index contributed by atoms with van der Waals surface area (Å²) in [5, 5.41) is 4.30. The zero-order chi connectivity index (χ0) is 14.0. The quantitative estimate of drug-likeness (QED) is 0.880. The highest BCUT2D eigenvalue weighted by molar-refractivity contribution is 5.13. The SMILES string of the molecule is CC(N)C(c1cnn(C)c1)N1CCCN(C)CC1C. The van der Waals surface area contributed by atoms with E-state index in [9.17, 15) is 0 Å². The van der Waals surface area contributed by atoms with Crippen LogP contribution in [0, 0.1) is 0 Å². The van der Waals surface area contributed by atoms with Crippen LogP contribution in [0.15, 0.2) is 12.4 Å². The van der Waals surface area contributed by atoms with Gasteiger partial charge in [-0.15, -0.1) is 0 Å². The fourth-order valence-electron chi connectivity index (χ4n) is 3.19. The van der Waals surface area contributed by atoms with Gasteiger partial charge in [0.15, 0.2) is 0 Å². The maximum absolute atomic E-state index is 6.26. The van der Waals surface area contributed by atoms with E-state index < -0.39 is 0 Å². The lowest BCUT2D eigenvalue weighted by Crippen LogP contribution is -2.46. The van der Waals surface area contributed by atoms with Gasteiger partial charge in [0, 0.05) is 44.0 Å². The van der Waals surface area contributed by atoms with Crippen molar-refractivity contribution in [2.75, 3.05) is 26.7 Å². The third-order valence-corrected chi connectivity index (χ3v) is 4.02. The van der Waals surface area contributed by atoms with Gasteiger partial charge in [0.2, 0.25) is 0 Å². The van der Waals surface area contributed by atoms with Crippen molar-refractivity contribution in [3.8, 4) is 0 Å². The van der Waals surface area contributed by atoms with Crippen molar-refractivity contribution in [1.82, 2.24) is 19.6 Å². The molecule has 3 atom stereocenters. The molecule has 1 aromatic heterocycles. The van der Waals surface area contributed by atoms with Gasteiger partial charge in [0.05, 0.1) is 12.2 Å². The van der Waals surface area contributed by atoms with E-state index in [2.05, 4.69) is 42.0 Å². The average molecular weight is 265 g/mol. The van der Waals surface area contributed by atoms with Crippen LogP contribution in [0.1, 0.15) is 31.9 Å². The van der Waals surface area contributed by atoms with Crippen LogP contribution in [0.5, 0.6) is 0 Å². The van der Waals surface area contributed by atoms with E-state index in [0.29, 0.717) is 6.04 Å². The standard InChI is InChI=1S/C14H27N5/c1-11-9-17(3)6-5-7-19(11)14(12(2)15)13-8-16-18(4)10-13/h8,10-12,14H,5-7,9,15H2,1-4H3. The molecule has 0 aromatic carbocycles. The lowest BCUT2D eigenvalue weighted by atomic mass is 10.0. The number of nitrogens with zero attached hydrogens (tertiary/aromatic N) is 4. The molecule has 1 saturated heterocycles. The normalized spacial score (nSPS) is 26.1. The number of rotatable bonds is 3. The summed E-state index contributed by atoms with van der Waals surface area (Å²) < 4.78 is 1.86. The van der Waals surface area contributed by atoms with E-state index in [0.717, 1.165) is 13.1 Å². The molecular formula is C14H27N5. The summed E-state index contributed by atoms with van der Waals surface area (Å²) in [5.41, 5.74) is 7.49. The molecule has 1 aliphatic heterocycles. The second-order valence-electron chi connectivity index (χ2n) is 5.95. The van der Waals surface area contributed by atoms with E-state index in [4.69, 9.17) is 5.73 Å². The smallest absolute Gasteiger partial charge is 0.0538 e. The largest absolute Gasteiger partial charge is 0.326 e. The van der Waals surface area contributed by atoms with Crippen LogP contribution >= 0.6 is 0 Å². The lowest BCUT2D eigenvalue weighted by Gasteiger charge is -2.37. The van der Waals surface area contributed by atoms with Crippen molar-refractivity contribution in [2.45, 2.75) is 38.4 Å². The minimum atomic E-state index is 0.107. The summed E-state index contributed by atoms with van der Waals surface area (Å²) in [6, 6.07) is 0.883. The molecule has 2 N–H and O–H groups in total. The lowest BCUT2D eigenvalue weighted by molar-refractivity contribution is 0.127. The summed E-state index contributed by atoms with van der Waals surface area (Å²) in [5.74, 6) is 0. The first-order valence-corrected chi connectivity index (χ1v) is 7.17. The van der Waals surface area contributed by atoms with Crippen molar-refractivity contribution in [3.05, 3.63) is 18.0 Å². The highest BCUT2D eigenvalue weighted by atomic mass is 15.3. The first-order chi connectivity index (χ1) is 8.99. The molecule has 2 heterocycles. The summed E-state index contributed by atoms with van der Waals surface area (Å²) >= 11 is 0. The van der Waals surface area contributed by atoms with Crippen molar-refractivity contribution in [2.24, 2.45) is 12.8 Å². The molecule has 3 unspecified atom stereocenters. The number of nitrogens with two attached hydrogens (primary N) is 1. The predicted molar refractivity (Wildman–Crippen MR) is 77.9 cm³/mol. The van der Waals surface area contributed by atoms with Gasteiger partial charge in [0.25, 0.3) is 0 Å². The predicted octanol–water partition coefficient (Wildman–Crippen LogP) is 0.834. The monoisotopic (exact) mass is 265 g/mol. The summed E-state index contributed by atoms with van der Waals surface area (Å²) in [6.45, 7) is 7.77. The summed E-state index contributed by atoms with van der Waals surface area (Å²) in [6.07, 6.45) is 5.25. The molecule has 19 heavy (non-hydrogen) atoms. The van der Waals surface area contributed by atoms with Crippen molar-refractivity contribution in [1.29, 1.82) is 0 Å². The average Bonchev–Trinajstić information content (AvgIpc) is 2.66. The number of aromatic nitrogens is 2. The molecule has 108 valence electrons.